The molecular weight excluding hydrogens is 276 g/mol. The fraction of sp³-hybridized carbons (Fsp3) is 0.222. The smallest absolute Gasteiger partial charge is 0.234 e. The molecule has 0 aromatic heterocycles. The van der Waals surface area contributed by atoms with Gasteiger partial charge in [-0.2, -0.15) is 5.26 Å². The molecule has 0 unspecified atom stereocenters. The number of nitrogens with zero attached hydrogens (tertiary/aromatic N) is 1. The van der Waals surface area contributed by atoms with Gasteiger partial charge in [-0.1, -0.05) is 18.2 Å². The van der Waals surface area contributed by atoms with Gasteiger partial charge in [0, 0.05) is 6.54 Å². The Balaban J connectivity index is 1.95. The molecule has 0 aliphatic heterocycles. The largest absolute Gasteiger partial charge is 0.457 e. The van der Waals surface area contributed by atoms with E-state index in [0.717, 1.165) is 17.1 Å². The highest BCUT2D eigenvalue weighted by Crippen LogP contribution is 2.23. The van der Waals surface area contributed by atoms with Gasteiger partial charge >= 0.3 is 0 Å². The van der Waals surface area contributed by atoms with E-state index in [4.69, 9.17) is 10.00 Å². The van der Waals surface area contributed by atoms with Crippen LogP contribution in [0, 0.1) is 25.2 Å². The number of nitriles is 1. The molecule has 2 aromatic carbocycles. The van der Waals surface area contributed by atoms with E-state index in [1.165, 1.54) is 11.1 Å². The minimum Gasteiger partial charge on any atom is -0.457 e. The summed E-state index contributed by atoms with van der Waals surface area (Å²) in [4.78, 5) is 11.2. The summed E-state index contributed by atoms with van der Waals surface area (Å²) in [5, 5.41) is 11.1. The van der Waals surface area contributed by atoms with Crippen LogP contribution in [0.5, 0.6) is 11.5 Å². The summed E-state index contributed by atoms with van der Waals surface area (Å²) < 4.78 is 5.80. The maximum absolute atomic E-state index is 11.2. The molecule has 0 aliphatic rings. The first-order valence-electron chi connectivity index (χ1n) is 7.06. The lowest BCUT2D eigenvalue weighted by Gasteiger charge is -2.09. The van der Waals surface area contributed by atoms with Crippen LogP contribution in [0.25, 0.3) is 0 Å². The highest BCUT2D eigenvalue weighted by Gasteiger charge is 2.02. The second-order valence-corrected chi connectivity index (χ2v) is 5.10. The van der Waals surface area contributed by atoms with Crippen LogP contribution in [0.2, 0.25) is 0 Å². The van der Waals surface area contributed by atoms with Crippen molar-refractivity contribution in [2.75, 3.05) is 0 Å². The number of ether oxygens (including phenoxy) is 1. The molecule has 0 atom stereocenters. The average molecular weight is 294 g/mol. The fourth-order valence-electron chi connectivity index (χ4n) is 1.92. The number of hydrogen-bond acceptors (Lipinski definition) is 3. The maximum Gasteiger partial charge on any atom is 0.234 e. The molecule has 1 N–H and O–H groups in total. The fourth-order valence-corrected chi connectivity index (χ4v) is 1.92. The number of carbonyl (C=O) groups excluding carboxylic acids is 1. The van der Waals surface area contributed by atoms with E-state index < -0.39 is 0 Å². The summed E-state index contributed by atoms with van der Waals surface area (Å²) in [6.45, 7) is 4.52. The number of nitrogens with one attached hydrogen (secondary N) is 1. The Kier molecular flexibility index (Phi) is 5.16. The van der Waals surface area contributed by atoms with Gasteiger partial charge in [-0.15, -0.1) is 0 Å². The molecule has 0 saturated carbocycles. The topological polar surface area (TPSA) is 62.1 Å². The van der Waals surface area contributed by atoms with Gasteiger partial charge in [-0.25, -0.2) is 0 Å². The third kappa shape index (κ3) is 4.35. The molecule has 4 nitrogen and oxygen atoms in total. The Morgan fingerprint density at radius 3 is 2.41 bits per heavy atom. The first-order chi connectivity index (χ1) is 10.6. The van der Waals surface area contributed by atoms with Crippen LogP contribution in [0.4, 0.5) is 0 Å². The average Bonchev–Trinajstić information content (AvgIpc) is 2.51. The van der Waals surface area contributed by atoms with Gasteiger partial charge in [0.1, 0.15) is 17.9 Å². The molecule has 0 bridgehead atoms. The van der Waals surface area contributed by atoms with Gasteiger partial charge in [-0.3, -0.25) is 4.79 Å². The van der Waals surface area contributed by atoms with E-state index in [9.17, 15) is 4.79 Å². The van der Waals surface area contributed by atoms with E-state index in [-0.39, 0.29) is 12.3 Å². The first kappa shape index (κ1) is 15.6. The summed E-state index contributed by atoms with van der Waals surface area (Å²) in [7, 11) is 0. The van der Waals surface area contributed by atoms with Crippen LogP contribution in [-0.2, 0) is 11.3 Å². The Hall–Kier alpha value is -2.80. The van der Waals surface area contributed by atoms with Crippen molar-refractivity contribution in [1.82, 2.24) is 5.32 Å². The number of aryl methyl sites for hydroxylation is 2. The van der Waals surface area contributed by atoms with Gasteiger partial charge in [0.15, 0.2) is 0 Å². The van der Waals surface area contributed by atoms with Crippen molar-refractivity contribution in [3.05, 3.63) is 59.2 Å². The zero-order chi connectivity index (χ0) is 15.9. The molecule has 22 heavy (non-hydrogen) atoms. The lowest BCUT2D eigenvalue weighted by Crippen LogP contribution is -2.21. The van der Waals surface area contributed by atoms with E-state index in [2.05, 4.69) is 19.2 Å². The molecular formula is C18H18N2O2. The van der Waals surface area contributed by atoms with Gasteiger partial charge < -0.3 is 10.1 Å². The monoisotopic (exact) mass is 294 g/mol. The Bertz CT molecular complexity index is 700. The number of benzene rings is 2. The number of amides is 1. The molecule has 0 saturated heterocycles. The maximum atomic E-state index is 11.2. The van der Waals surface area contributed by atoms with Crippen LogP contribution in [0.15, 0.2) is 42.5 Å². The van der Waals surface area contributed by atoms with Crippen LogP contribution >= 0.6 is 0 Å². The second-order valence-electron chi connectivity index (χ2n) is 5.10. The van der Waals surface area contributed by atoms with E-state index in [1.54, 1.807) is 0 Å². The molecule has 0 aliphatic carbocycles. The summed E-state index contributed by atoms with van der Waals surface area (Å²) in [5.74, 6) is 1.28. The third-order valence-electron chi connectivity index (χ3n) is 3.37. The number of carbonyl (C=O) groups is 1. The van der Waals surface area contributed by atoms with Crippen LogP contribution in [-0.4, -0.2) is 5.91 Å². The molecule has 0 fully saturated rings. The van der Waals surface area contributed by atoms with Gasteiger partial charge in [0.25, 0.3) is 0 Å². The predicted octanol–water partition coefficient (Wildman–Crippen LogP) is 3.63. The molecule has 2 rings (SSSR count). The van der Waals surface area contributed by atoms with Crippen LogP contribution in [0.1, 0.15) is 23.1 Å². The van der Waals surface area contributed by atoms with Crippen molar-refractivity contribution in [3.8, 4) is 17.6 Å². The van der Waals surface area contributed by atoms with E-state index >= 15 is 0 Å². The van der Waals surface area contributed by atoms with Crippen molar-refractivity contribution < 1.29 is 9.53 Å². The summed E-state index contributed by atoms with van der Waals surface area (Å²) in [5.41, 5.74) is 3.38. The zero-order valence-electron chi connectivity index (χ0n) is 12.7. The molecule has 1 amide bonds. The Morgan fingerprint density at radius 1 is 1.09 bits per heavy atom. The lowest BCUT2D eigenvalue weighted by atomic mass is 10.1. The van der Waals surface area contributed by atoms with Crippen molar-refractivity contribution in [1.29, 1.82) is 5.26 Å². The molecule has 0 heterocycles. The lowest BCUT2D eigenvalue weighted by molar-refractivity contribution is -0.120. The quantitative estimate of drug-likeness (QED) is 0.916. The molecule has 2 aromatic rings. The second kappa shape index (κ2) is 7.28. The van der Waals surface area contributed by atoms with E-state index in [1.807, 2.05) is 48.5 Å². The minimum atomic E-state index is -0.266. The minimum absolute atomic E-state index is 0.117. The standard InChI is InChI=1S/C18H18N2O2/c1-13-3-6-17(11-14(13)2)22-16-7-4-15(5-8-16)12-20-18(21)9-10-19/h3-8,11H,9,12H2,1-2H3,(H,20,21). The summed E-state index contributed by atoms with van der Waals surface area (Å²) in [6.07, 6.45) is -0.117. The molecule has 0 spiro atoms. The normalized spacial score (nSPS) is 9.86. The number of rotatable bonds is 5. The highest BCUT2D eigenvalue weighted by molar-refractivity contribution is 5.77. The predicted molar refractivity (Wildman–Crippen MR) is 84.5 cm³/mol. The van der Waals surface area contributed by atoms with Crippen molar-refractivity contribution in [2.24, 2.45) is 0 Å². The van der Waals surface area contributed by atoms with E-state index in [0.29, 0.717) is 6.54 Å². The zero-order valence-corrected chi connectivity index (χ0v) is 12.7. The molecule has 4 heteroatoms. The van der Waals surface area contributed by atoms with Gasteiger partial charge in [-0.05, 0) is 54.8 Å². The van der Waals surface area contributed by atoms with Crippen molar-refractivity contribution >= 4 is 5.91 Å². The first-order valence-corrected chi connectivity index (χ1v) is 7.06. The number of hydrogen-bond donors (Lipinski definition) is 1. The van der Waals surface area contributed by atoms with Crippen molar-refractivity contribution in [2.45, 2.75) is 26.8 Å². The summed E-state index contributed by atoms with van der Waals surface area (Å²) in [6, 6.07) is 15.3. The Labute approximate surface area is 130 Å². The molecule has 0 radical (unpaired) electrons. The Morgan fingerprint density at radius 2 is 1.77 bits per heavy atom. The van der Waals surface area contributed by atoms with Crippen LogP contribution < -0.4 is 10.1 Å². The molecule has 112 valence electrons. The summed E-state index contributed by atoms with van der Waals surface area (Å²) >= 11 is 0. The highest BCUT2D eigenvalue weighted by atomic mass is 16.5. The third-order valence-corrected chi connectivity index (χ3v) is 3.37. The van der Waals surface area contributed by atoms with Gasteiger partial charge in [0.2, 0.25) is 5.91 Å². The van der Waals surface area contributed by atoms with Gasteiger partial charge in [0.05, 0.1) is 6.07 Å². The van der Waals surface area contributed by atoms with Crippen LogP contribution in [0.3, 0.4) is 0 Å². The SMILES string of the molecule is Cc1ccc(Oc2ccc(CNC(=O)CC#N)cc2)cc1C. The van der Waals surface area contributed by atoms with Crippen molar-refractivity contribution in [3.63, 3.8) is 0 Å².